The van der Waals surface area contributed by atoms with Gasteiger partial charge in [0.2, 0.25) is 11.7 Å². The van der Waals surface area contributed by atoms with Crippen molar-refractivity contribution in [2.75, 3.05) is 27.6 Å². The Labute approximate surface area is 184 Å². The lowest BCUT2D eigenvalue weighted by atomic mass is 10.0. The quantitative estimate of drug-likeness (QED) is 0.632. The smallest absolute Gasteiger partial charge is 0.287 e. The van der Waals surface area contributed by atoms with Gasteiger partial charge in [0.1, 0.15) is 30.2 Å². The molecule has 2 N–H and O–H groups in total. The molecule has 1 aromatic carbocycles. The van der Waals surface area contributed by atoms with Crippen molar-refractivity contribution in [1.29, 1.82) is 0 Å². The summed E-state index contributed by atoms with van der Waals surface area (Å²) in [5.41, 5.74) is 0.405. The minimum absolute atomic E-state index is 0.0263. The van der Waals surface area contributed by atoms with Gasteiger partial charge < -0.3 is 34.0 Å². The Bertz CT molecular complexity index is 999. The summed E-state index contributed by atoms with van der Waals surface area (Å²) in [5, 5.41) is 5.84. The Morgan fingerprint density at radius 1 is 1.12 bits per heavy atom. The number of carbonyl (C=O) groups is 3. The summed E-state index contributed by atoms with van der Waals surface area (Å²) in [5.74, 6) is -0.460. The van der Waals surface area contributed by atoms with Crippen LogP contribution in [-0.4, -0.2) is 51.3 Å². The molecular weight excluding hydrogens is 420 g/mol. The molecule has 10 nitrogen and oxygen atoms in total. The molecule has 0 unspecified atom stereocenters. The number of benzene rings is 1. The lowest BCUT2D eigenvalue weighted by Gasteiger charge is -2.20. The fourth-order valence-electron chi connectivity index (χ4n) is 3.17. The summed E-state index contributed by atoms with van der Waals surface area (Å²) in [4.78, 5) is 37.7. The predicted octanol–water partition coefficient (Wildman–Crippen LogP) is 2.13. The highest BCUT2D eigenvalue weighted by molar-refractivity contribution is 6.02. The Morgan fingerprint density at radius 3 is 2.53 bits per heavy atom. The molecule has 2 aromatic rings. The van der Waals surface area contributed by atoms with Crippen LogP contribution in [0.5, 0.6) is 11.5 Å². The van der Waals surface area contributed by atoms with Crippen LogP contribution in [0.25, 0.3) is 11.0 Å². The number of fused-ring (bicyclic) bond motifs is 1. The van der Waals surface area contributed by atoms with E-state index in [9.17, 15) is 14.4 Å². The van der Waals surface area contributed by atoms with Crippen LogP contribution in [0.3, 0.4) is 0 Å². The maximum absolute atomic E-state index is 12.9. The van der Waals surface area contributed by atoms with Gasteiger partial charge in [-0.05, 0) is 24.5 Å². The van der Waals surface area contributed by atoms with Crippen LogP contribution in [0.15, 0.2) is 34.6 Å². The van der Waals surface area contributed by atoms with Gasteiger partial charge in [-0.2, -0.15) is 0 Å². The minimum Gasteiger partial charge on any atom is -0.493 e. The summed E-state index contributed by atoms with van der Waals surface area (Å²) in [7, 11) is 3.01. The molecule has 0 saturated heterocycles. The van der Waals surface area contributed by atoms with Gasteiger partial charge in [-0.25, -0.2) is 0 Å². The van der Waals surface area contributed by atoms with E-state index in [2.05, 4.69) is 10.6 Å². The van der Waals surface area contributed by atoms with Crippen molar-refractivity contribution in [2.24, 2.45) is 5.92 Å². The summed E-state index contributed by atoms with van der Waals surface area (Å²) >= 11 is 0. The van der Waals surface area contributed by atoms with Crippen LogP contribution in [0.1, 0.15) is 30.8 Å². The molecule has 3 rings (SSSR count). The van der Waals surface area contributed by atoms with Crippen LogP contribution in [0.2, 0.25) is 0 Å². The average Bonchev–Trinajstić information content (AvgIpc) is 3.08. The van der Waals surface area contributed by atoms with Crippen molar-refractivity contribution in [3.63, 3.8) is 0 Å². The first kappa shape index (κ1) is 23.1. The molecule has 1 aliphatic heterocycles. The monoisotopic (exact) mass is 446 g/mol. The van der Waals surface area contributed by atoms with Crippen LogP contribution in [0, 0.1) is 5.92 Å². The molecule has 0 spiro atoms. The molecular formula is C22H26N2O8. The molecule has 32 heavy (non-hydrogen) atoms. The second-order valence-electron chi connectivity index (χ2n) is 7.59. The highest BCUT2D eigenvalue weighted by Gasteiger charge is 2.27. The molecule has 0 fully saturated rings. The fraction of sp³-hybridized carbons (Fsp3) is 0.409. The highest BCUT2D eigenvalue weighted by atomic mass is 16.7. The summed E-state index contributed by atoms with van der Waals surface area (Å²) in [6, 6.07) is 3.96. The number of hydrogen-bond acceptors (Lipinski definition) is 8. The third-order valence-corrected chi connectivity index (χ3v) is 4.72. The molecule has 1 aromatic heterocycles. The fourth-order valence-corrected chi connectivity index (χ4v) is 3.17. The third-order valence-electron chi connectivity index (χ3n) is 4.72. The van der Waals surface area contributed by atoms with E-state index in [0.29, 0.717) is 28.9 Å². The number of rotatable bonds is 8. The number of nitrogens with one attached hydrogen (secondary N) is 2. The Morgan fingerprint density at radius 2 is 1.84 bits per heavy atom. The van der Waals surface area contributed by atoms with Crippen LogP contribution in [0.4, 0.5) is 0 Å². The lowest BCUT2D eigenvalue weighted by Crippen LogP contribution is -2.48. The second kappa shape index (κ2) is 10.2. The molecule has 0 radical (unpaired) electrons. The molecule has 1 aliphatic rings. The van der Waals surface area contributed by atoms with Gasteiger partial charge >= 0.3 is 0 Å². The van der Waals surface area contributed by atoms with Gasteiger partial charge in [-0.15, -0.1) is 0 Å². The number of amides is 2. The largest absolute Gasteiger partial charge is 0.493 e. The molecule has 172 valence electrons. The van der Waals surface area contributed by atoms with E-state index in [0.717, 1.165) is 6.26 Å². The van der Waals surface area contributed by atoms with Gasteiger partial charge in [-0.3, -0.25) is 14.4 Å². The zero-order valence-corrected chi connectivity index (χ0v) is 18.4. The molecule has 0 bridgehead atoms. The van der Waals surface area contributed by atoms with Crippen molar-refractivity contribution in [2.45, 2.75) is 26.3 Å². The molecule has 10 heteroatoms. The van der Waals surface area contributed by atoms with E-state index in [4.69, 9.17) is 23.4 Å². The first-order valence-electron chi connectivity index (χ1n) is 10.0. The van der Waals surface area contributed by atoms with Crippen LogP contribution in [-0.2, 0) is 19.1 Å². The normalized spacial score (nSPS) is 14.9. The highest BCUT2D eigenvalue weighted by Crippen LogP contribution is 2.33. The van der Waals surface area contributed by atoms with Crippen LogP contribution < -0.4 is 20.1 Å². The number of carbonyl (C=O) groups excluding carboxylic acids is 3. The van der Waals surface area contributed by atoms with Crippen molar-refractivity contribution in [3.8, 4) is 11.5 Å². The first-order valence-corrected chi connectivity index (χ1v) is 10.0. The van der Waals surface area contributed by atoms with Crippen molar-refractivity contribution < 1.29 is 37.7 Å². The Hall–Kier alpha value is -3.53. The van der Waals surface area contributed by atoms with Gasteiger partial charge in [0.15, 0.2) is 24.1 Å². The number of furan rings is 1. The number of ketones is 1. The minimum atomic E-state index is -0.905. The lowest BCUT2D eigenvalue weighted by molar-refractivity contribution is -0.126. The van der Waals surface area contributed by atoms with E-state index >= 15 is 0 Å². The SMILES string of the molecule is COc1cc2cc(C(=O)N[C@@H](CC(C)C)C(=O)NC3=COCOCC3=O)oc2cc1OC. The number of Topliss-reactive ketones (excluding diaryl/α,β-unsaturated/α-hetero) is 1. The van der Waals surface area contributed by atoms with E-state index in [1.165, 1.54) is 14.2 Å². The second-order valence-corrected chi connectivity index (χ2v) is 7.59. The van der Waals surface area contributed by atoms with E-state index < -0.39 is 23.6 Å². The van der Waals surface area contributed by atoms with Gasteiger partial charge in [0, 0.05) is 11.5 Å². The van der Waals surface area contributed by atoms with E-state index in [1.807, 2.05) is 13.8 Å². The Kier molecular flexibility index (Phi) is 7.37. The molecule has 0 aliphatic carbocycles. The zero-order chi connectivity index (χ0) is 23.3. The molecule has 1 atom stereocenters. The van der Waals surface area contributed by atoms with Gasteiger partial charge in [0.05, 0.1) is 14.2 Å². The van der Waals surface area contributed by atoms with Crippen molar-refractivity contribution in [1.82, 2.24) is 10.6 Å². The van der Waals surface area contributed by atoms with Gasteiger partial charge in [-0.1, -0.05) is 13.8 Å². The molecule has 2 amide bonds. The van der Waals surface area contributed by atoms with Crippen LogP contribution >= 0.6 is 0 Å². The van der Waals surface area contributed by atoms with Crippen molar-refractivity contribution >= 4 is 28.6 Å². The Balaban J connectivity index is 1.78. The standard InChI is InChI=1S/C22H26N2O8/c1-12(2)5-14(21(26)24-15-9-30-11-31-10-16(15)25)23-22(27)20-7-13-6-18(28-3)19(29-4)8-17(13)32-20/h6-9,12,14H,5,10-11H2,1-4H3,(H,23,27)(H,24,26)/t14-/m0/s1. The van der Waals surface area contributed by atoms with Crippen molar-refractivity contribution in [3.05, 3.63) is 35.9 Å². The number of hydrogen-bond donors (Lipinski definition) is 2. The topological polar surface area (TPSA) is 125 Å². The zero-order valence-electron chi connectivity index (χ0n) is 18.4. The maximum atomic E-state index is 12.9. The van der Waals surface area contributed by atoms with Gasteiger partial charge in [0.25, 0.3) is 5.91 Å². The van der Waals surface area contributed by atoms with E-state index in [1.54, 1.807) is 18.2 Å². The average molecular weight is 446 g/mol. The summed E-state index contributed by atoms with van der Waals surface area (Å²) in [6.45, 7) is 3.54. The predicted molar refractivity (Wildman–Crippen MR) is 113 cm³/mol. The molecule has 0 saturated carbocycles. The first-order chi connectivity index (χ1) is 15.3. The molecule has 2 heterocycles. The summed E-state index contributed by atoms with van der Waals surface area (Å²) < 4.78 is 26.2. The number of ether oxygens (including phenoxy) is 4. The summed E-state index contributed by atoms with van der Waals surface area (Å²) in [6.07, 6.45) is 1.49. The van der Waals surface area contributed by atoms with E-state index in [-0.39, 0.29) is 30.8 Å². The third kappa shape index (κ3) is 5.38. The number of methoxy groups -OCH3 is 2. The maximum Gasteiger partial charge on any atom is 0.287 e.